The van der Waals surface area contributed by atoms with Crippen molar-refractivity contribution in [2.45, 2.75) is 19.3 Å². The Morgan fingerprint density at radius 2 is 1.85 bits per heavy atom. The number of nitrogens with zero attached hydrogens (tertiary/aromatic N) is 2. The second kappa shape index (κ2) is 7.54. The molecule has 5 heteroatoms. The normalized spacial score (nSPS) is 16.4. The fourth-order valence-electron chi connectivity index (χ4n) is 3.02. The van der Waals surface area contributed by atoms with Crippen molar-refractivity contribution in [1.29, 1.82) is 0 Å². The highest BCUT2D eigenvalue weighted by atomic mass is 16.5. The summed E-state index contributed by atoms with van der Waals surface area (Å²) < 4.78 is 11.3. The van der Waals surface area contributed by atoms with Crippen LogP contribution in [0.4, 0.5) is 11.6 Å². The van der Waals surface area contributed by atoms with Crippen molar-refractivity contribution >= 4 is 11.6 Å². The van der Waals surface area contributed by atoms with Gasteiger partial charge in [-0.1, -0.05) is 30.3 Å². The summed E-state index contributed by atoms with van der Waals surface area (Å²) in [6.07, 6.45) is 1.09. The van der Waals surface area contributed by atoms with E-state index >= 15 is 0 Å². The molecule has 26 heavy (non-hydrogen) atoms. The van der Waals surface area contributed by atoms with Crippen LogP contribution < -0.4 is 10.1 Å². The number of ether oxygens (including phenoxy) is 2. The molecule has 3 aromatic rings. The average molecular weight is 347 g/mol. The van der Waals surface area contributed by atoms with E-state index in [1.54, 1.807) is 0 Å². The van der Waals surface area contributed by atoms with Gasteiger partial charge in [-0.2, -0.15) is 4.98 Å². The minimum atomic E-state index is 0.505. The van der Waals surface area contributed by atoms with Gasteiger partial charge in [-0.25, -0.2) is 4.98 Å². The molecular weight excluding hydrogens is 326 g/mol. The standard InChI is InChI=1S/C21H21N3O2/c1-15-13-20(26-19-5-3-2-4-6-19)24-21(22-15)23-18-9-7-16(8-10-18)17-11-12-25-14-17/h2-10,13,17H,11-12,14H2,1H3,(H,22,23,24). The smallest absolute Gasteiger partial charge is 0.230 e. The summed E-state index contributed by atoms with van der Waals surface area (Å²) in [5.41, 5.74) is 3.10. The van der Waals surface area contributed by atoms with E-state index in [1.807, 2.05) is 43.3 Å². The van der Waals surface area contributed by atoms with E-state index in [1.165, 1.54) is 5.56 Å². The van der Waals surface area contributed by atoms with Crippen LogP contribution in [0.1, 0.15) is 23.6 Å². The first-order chi connectivity index (χ1) is 12.8. The molecule has 1 aliphatic rings. The average Bonchev–Trinajstić information content (AvgIpc) is 3.17. The van der Waals surface area contributed by atoms with Gasteiger partial charge in [0.05, 0.1) is 6.61 Å². The lowest BCUT2D eigenvalue weighted by Crippen LogP contribution is -2.01. The van der Waals surface area contributed by atoms with Crippen molar-refractivity contribution in [2.75, 3.05) is 18.5 Å². The van der Waals surface area contributed by atoms with Gasteiger partial charge in [0.25, 0.3) is 0 Å². The molecule has 0 radical (unpaired) electrons. The van der Waals surface area contributed by atoms with Gasteiger partial charge in [0.15, 0.2) is 0 Å². The zero-order chi connectivity index (χ0) is 17.8. The summed E-state index contributed by atoms with van der Waals surface area (Å²) in [6, 6.07) is 19.8. The Bertz CT molecular complexity index is 860. The maximum atomic E-state index is 5.82. The third kappa shape index (κ3) is 4.00. The Morgan fingerprint density at radius 3 is 2.58 bits per heavy atom. The second-order valence-corrected chi connectivity index (χ2v) is 6.39. The predicted molar refractivity (Wildman–Crippen MR) is 101 cm³/mol. The molecule has 4 rings (SSSR count). The van der Waals surface area contributed by atoms with Crippen LogP contribution >= 0.6 is 0 Å². The van der Waals surface area contributed by atoms with E-state index in [-0.39, 0.29) is 0 Å². The first kappa shape index (κ1) is 16.5. The molecule has 132 valence electrons. The lowest BCUT2D eigenvalue weighted by molar-refractivity contribution is 0.194. The summed E-state index contributed by atoms with van der Waals surface area (Å²) in [5.74, 6) is 2.30. The fraction of sp³-hybridized carbons (Fsp3) is 0.238. The van der Waals surface area contributed by atoms with Crippen LogP contribution in [0.25, 0.3) is 0 Å². The Morgan fingerprint density at radius 1 is 1.04 bits per heavy atom. The van der Waals surface area contributed by atoms with E-state index in [4.69, 9.17) is 9.47 Å². The maximum absolute atomic E-state index is 5.82. The molecule has 0 bridgehead atoms. The number of rotatable bonds is 5. The van der Waals surface area contributed by atoms with E-state index in [0.717, 1.165) is 36.8 Å². The number of aryl methyl sites for hydroxylation is 1. The quantitative estimate of drug-likeness (QED) is 0.717. The number of hydrogen-bond acceptors (Lipinski definition) is 5. The van der Waals surface area contributed by atoms with Crippen molar-refractivity contribution in [3.05, 3.63) is 71.9 Å². The Hall–Kier alpha value is -2.92. The molecule has 2 aromatic carbocycles. The highest BCUT2D eigenvalue weighted by molar-refractivity contribution is 5.54. The third-order valence-electron chi connectivity index (χ3n) is 4.36. The SMILES string of the molecule is Cc1cc(Oc2ccccc2)nc(Nc2ccc(C3CCOC3)cc2)n1. The van der Waals surface area contributed by atoms with Crippen LogP contribution in [0.5, 0.6) is 11.6 Å². The van der Waals surface area contributed by atoms with E-state index in [2.05, 4.69) is 39.6 Å². The molecule has 1 aliphatic heterocycles. The minimum Gasteiger partial charge on any atom is -0.439 e. The van der Waals surface area contributed by atoms with Crippen molar-refractivity contribution in [2.24, 2.45) is 0 Å². The summed E-state index contributed by atoms with van der Waals surface area (Å²) >= 11 is 0. The topological polar surface area (TPSA) is 56.3 Å². The van der Waals surface area contributed by atoms with Gasteiger partial charge in [-0.3, -0.25) is 0 Å². The third-order valence-corrected chi connectivity index (χ3v) is 4.36. The molecule has 1 atom stereocenters. The summed E-state index contributed by atoms with van der Waals surface area (Å²) in [6.45, 7) is 3.59. The van der Waals surface area contributed by atoms with Crippen molar-refractivity contribution in [3.63, 3.8) is 0 Å². The lowest BCUT2D eigenvalue weighted by atomic mass is 9.98. The molecule has 1 N–H and O–H groups in total. The molecule has 1 aromatic heterocycles. The Kier molecular flexibility index (Phi) is 4.80. The molecule has 5 nitrogen and oxygen atoms in total. The Balaban J connectivity index is 1.49. The molecular formula is C21H21N3O2. The van der Waals surface area contributed by atoms with Gasteiger partial charge >= 0.3 is 0 Å². The van der Waals surface area contributed by atoms with Gasteiger partial charge in [-0.15, -0.1) is 0 Å². The number of benzene rings is 2. The van der Waals surface area contributed by atoms with Crippen LogP contribution in [-0.4, -0.2) is 23.2 Å². The number of hydrogen-bond donors (Lipinski definition) is 1. The molecule has 0 amide bonds. The zero-order valence-corrected chi connectivity index (χ0v) is 14.7. The first-order valence-corrected chi connectivity index (χ1v) is 8.79. The van der Waals surface area contributed by atoms with Gasteiger partial charge in [0.1, 0.15) is 5.75 Å². The molecule has 0 saturated carbocycles. The molecule has 2 heterocycles. The predicted octanol–water partition coefficient (Wildman–Crippen LogP) is 4.82. The number of nitrogens with one attached hydrogen (secondary N) is 1. The van der Waals surface area contributed by atoms with Crippen LogP contribution in [0, 0.1) is 6.92 Å². The van der Waals surface area contributed by atoms with E-state index in [0.29, 0.717) is 17.7 Å². The summed E-state index contributed by atoms with van der Waals surface area (Å²) in [5, 5.41) is 3.26. The molecule has 1 saturated heterocycles. The molecule has 1 unspecified atom stereocenters. The van der Waals surface area contributed by atoms with Crippen LogP contribution in [0.3, 0.4) is 0 Å². The second-order valence-electron chi connectivity index (χ2n) is 6.39. The number of aromatic nitrogens is 2. The number of anilines is 2. The summed E-state index contributed by atoms with van der Waals surface area (Å²) in [4.78, 5) is 8.91. The van der Waals surface area contributed by atoms with Gasteiger partial charge in [0, 0.05) is 30.0 Å². The zero-order valence-electron chi connectivity index (χ0n) is 14.7. The largest absolute Gasteiger partial charge is 0.439 e. The molecule has 0 spiro atoms. The Labute approximate surface area is 153 Å². The number of para-hydroxylation sites is 1. The fourth-order valence-corrected chi connectivity index (χ4v) is 3.02. The van der Waals surface area contributed by atoms with Gasteiger partial charge < -0.3 is 14.8 Å². The van der Waals surface area contributed by atoms with Gasteiger partial charge in [0.2, 0.25) is 11.8 Å². The maximum Gasteiger partial charge on any atom is 0.230 e. The minimum absolute atomic E-state index is 0.505. The van der Waals surface area contributed by atoms with Crippen molar-refractivity contribution in [1.82, 2.24) is 9.97 Å². The van der Waals surface area contributed by atoms with E-state index in [9.17, 15) is 0 Å². The van der Waals surface area contributed by atoms with Crippen LogP contribution in [0.15, 0.2) is 60.7 Å². The van der Waals surface area contributed by atoms with E-state index < -0.39 is 0 Å². The highest BCUT2D eigenvalue weighted by Gasteiger charge is 2.17. The van der Waals surface area contributed by atoms with Crippen molar-refractivity contribution < 1.29 is 9.47 Å². The highest BCUT2D eigenvalue weighted by Crippen LogP contribution is 2.27. The van der Waals surface area contributed by atoms with Crippen LogP contribution in [-0.2, 0) is 4.74 Å². The first-order valence-electron chi connectivity index (χ1n) is 8.79. The molecule has 1 fully saturated rings. The molecule has 0 aliphatic carbocycles. The summed E-state index contributed by atoms with van der Waals surface area (Å²) in [7, 11) is 0. The van der Waals surface area contributed by atoms with Gasteiger partial charge in [-0.05, 0) is 43.2 Å². The monoisotopic (exact) mass is 347 g/mol. The van der Waals surface area contributed by atoms with Crippen molar-refractivity contribution in [3.8, 4) is 11.6 Å². The lowest BCUT2D eigenvalue weighted by Gasteiger charge is -2.11. The van der Waals surface area contributed by atoms with Crippen LogP contribution in [0.2, 0.25) is 0 Å².